The van der Waals surface area contributed by atoms with Gasteiger partial charge in [-0.2, -0.15) is 0 Å². The molecule has 6 heteroatoms. The van der Waals surface area contributed by atoms with Gasteiger partial charge in [-0.1, -0.05) is 12.1 Å². The summed E-state index contributed by atoms with van der Waals surface area (Å²) in [5, 5.41) is 12.7. The molecule has 1 fully saturated rings. The number of hydrogen-bond donors (Lipinski definition) is 2. The van der Waals surface area contributed by atoms with E-state index in [-0.39, 0.29) is 17.1 Å². The fraction of sp³-hybridized carbons (Fsp3) is 0.538. The minimum absolute atomic E-state index is 0.114. The van der Waals surface area contributed by atoms with Crippen molar-refractivity contribution in [2.45, 2.75) is 30.2 Å². The van der Waals surface area contributed by atoms with Crippen molar-refractivity contribution in [3.05, 3.63) is 35.6 Å². The van der Waals surface area contributed by atoms with Gasteiger partial charge in [0.05, 0.1) is 11.4 Å². The summed E-state index contributed by atoms with van der Waals surface area (Å²) in [6.45, 7) is 0.296. The highest BCUT2D eigenvalue weighted by molar-refractivity contribution is 7.91. The third-order valence-electron chi connectivity index (χ3n) is 3.53. The monoisotopic (exact) mass is 287 g/mol. The molecule has 1 aromatic rings. The molecule has 0 spiro atoms. The van der Waals surface area contributed by atoms with Crippen LogP contribution in [0.1, 0.15) is 24.5 Å². The number of nitrogens with one attached hydrogen (secondary N) is 1. The average Bonchev–Trinajstić information content (AvgIpc) is 2.24. The van der Waals surface area contributed by atoms with Gasteiger partial charge in [0.25, 0.3) is 0 Å². The zero-order valence-electron chi connectivity index (χ0n) is 10.7. The molecule has 0 aromatic heterocycles. The third kappa shape index (κ3) is 3.75. The van der Waals surface area contributed by atoms with Crippen LogP contribution in [-0.2, 0) is 9.84 Å². The first-order chi connectivity index (χ1) is 8.86. The zero-order valence-corrected chi connectivity index (χ0v) is 11.5. The van der Waals surface area contributed by atoms with Crippen molar-refractivity contribution in [1.82, 2.24) is 5.32 Å². The summed E-state index contributed by atoms with van der Waals surface area (Å²) in [6, 6.07) is 5.95. The molecule has 0 amide bonds. The molecule has 0 bridgehead atoms. The summed E-state index contributed by atoms with van der Waals surface area (Å²) >= 11 is 0. The molecule has 0 saturated heterocycles. The van der Waals surface area contributed by atoms with Crippen molar-refractivity contribution in [1.29, 1.82) is 0 Å². The molecule has 1 unspecified atom stereocenters. The Balaban J connectivity index is 1.78. The molecule has 1 aliphatic carbocycles. The first-order valence-electron chi connectivity index (χ1n) is 6.22. The van der Waals surface area contributed by atoms with Crippen molar-refractivity contribution >= 4 is 9.84 Å². The van der Waals surface area contributed by atoms with Gasteiger partial charge < -0.3 is 10.4 Å². The predicted octanol–water partition coefficient (Wildman–Crippen LogP) is 1.02. The van der Waals surface area contributed by atoms with Crippen LogP contribution in [0.3, 0.4) is 0 Å². The van der Waals surface area contributed by atoms with Crippen molar-refractivity contribution in [3.8, 4) is 0 Å². The second-order valence-electron chi connectivity index (χ2n) is 5.10. The Morgan fingerprint density at radius 2 is 2.16 bits per heavy atom. The Kier molecular flexibility index (Phi) is 4.23. The van der Waals surface area contributed by atoms with Crippen LogP contribution in [0, 0.1) is 5.82 Å². The molecule has 1 saturated carbocycles. The second kappa shape index (κ2) is 5.56. The molecule has 2 rings (SSSR count). The largest absolute Gasteiger partial charge is 0.387 e. The molecular weight excluding hydrogens is 269 g/mol. The molecule has 1 aromatic carbocycles. The van der Waals surface area contributed by atoms with Gasteiger partial charge in [0.2, 0.25) is 0 Å². The minimum atomic E-state index is -2.95. The SMILES string of the molecule is CS(=O)(=O)C1CC(NCC(O)c2cccc(F)c2)C1. The molecule has 0 heterocycles. The topological polar surface area (TPSA) is 66.4 Å². The van der Waals surface area contributed by atoms with E-state index < -0.39 is 15.9 Å². The van der Waals surface area contributed by atoms with Gasteiger partial charge in [0.1, 0.15) is 15.7 Å². The molecular formula is C13H18FNO3S. The summed E-state index contributed by atoms with van der Waals surface area (Å²) in [5.74, 6) is -0.377. The lowest BCUT2D eigenvalue weighted by molar-refractivity contribution is 0.161. The van der Waals surface area contributed by atoms with E-state index in [4.69, 9.17) is 0 Å². The molecule has 19 heavy (non-hydrogen) atoms. The molecule has 0 radical (unpaired) electrons. The smallest absolute Gasteiger partial charge is 0.150 e. The van der Waals surface area contributed by atoms with Crippen LogP contribution in [0.25, 0.3) is 0 Å². The van der Waals surface area contributed by atoms with Gasteiger partial charge in [-0.25, -0.2) is 12.8 Å². The van der Waals surface area contributed by atoms with E-state index in [1.165, 1.54) is 18.4 Å². The fourth-order valence-corrected chi connectivity index (χ4v) is 3.36. The number of hydrogen-bond acceptors (Lipinski definition) is 4. The zero-order chi connectivity index (χ0) is 14.0. The van der Waals surface area contributed by atoms with Crippen LogP contribution in [0.4, 0.5) is 4.39 Å². The van der Waals surface area contributed by atoms with Gasteiger partial charge in [0.15, 0.2) is 0 Å². The highest BCUT2D eigenvalue weighted by Gasteiger charge is 2.35. The van der Waals surface area contributed by atoms with E-state index in [0.29, 0.717) is 24.9 Å². The van der Waals surface area contributed by atoms with Crippen LogP contribution < -0.4 is 5.32 Å². The molecule has 0 aliphatic heterocycles. The van der Waals surface area contributed by atoms with Crippen LogP contribution in [0.15, 0.2) is 24.3 Å². The molecule has 4 nitrogen and oxygen atoms in total. The maximum absolute atomic E-state index is 13.0. The first kappa shape index (κ1) is 14.4. The summed E-state index contributed by atoms with van der Waals surface area (Å²) in [4.78, 5) is 0. The van der Waals surface area contributed by atoms with E-state index in [1.54, 1.807) is 12.1 Å². The lowest BCUT2D eigenvalue weighted by atomic mass is 9.92. The highest BCUT2D eigenvalue weighted by Crippen LogP contribution is 2.26. The molecule has 2 N–H and O–H groups in total. The Hall–Kier alpha value is -0.980. The Morgan fingerprint density at radius 1 is 1.47 bits per heavy atom. The maximum Gasteiger partial charge on any atom is 0.150 e. The van der Waals surface area contributed by atoms with Crippen molar-refractivity contribution in [3.63, 3.8) is 0 Å². The van der Waals surface area contributed by atoms with E-state index in [2.05, 4.69) is 5.32 Å². The van der Waals surface area contributed by atoms with E-state index in [9.17, 15) is 17.9 Å². The predicted molar refractivity (Wildman–Crippen MR) is 71.0 cm³/mol. The number of benzene rings is 1. The van der Waals surface area contributed by atoms with E-state index in [0.717, 1.165) is 0 Å². The average molecular weight is 287 g/mol. The second-order valence-corrected chi connectivity index (χ2v) is 7.42. The van der Waals surface area contributed by atoms with E-state index >= 15 is 0 Å². The summed E-state index contributed by atoms with van der Waals surface area (Å²) in [7, 11) is -2.95. The van der Waals surface area contributed by atoms with Crippen molar-refractivity contribution in [2.75, 3.05) is 12.8 Å². The standard InChI is InChI=1S/C13H18FNO3S/c1-19(17,18)12-6-11(7-12)15-8-13(16)9-3-2-4-10(14)5-9/h2-5,11-13,15-16H,6-8H2,1H3. The van der Waals surface area contributed by atoms with Crippen LogP contribution in [-0.4, -0.2) is 37.6 Å². The number of aliphatic hydroxyl groups is 1. The summed E-state index contributed by atoms with van der Waals surface area (Å²) < 4.78 is 35.5. The van der Waals surface area contributed by atoms with Crippen LogP contribution >= 0.6 is 0 Å². The molecule has 1 atom stereocenters. The quantitative estimate of drug-likeness (QED) is 0.848. The van der Waals surface area contributed by atoms with Crippen molar-refractivity contribution in [2.24, 2.45) is 0 Å². The molecule has 1 aliphatic rings. The first-order valence-corrected chi connectivity index (χ1v) is 8.17. The Morgan fingerprint density at radius 3 is 2.74 bits per heavy atom. The minimum Gasteiger partial charge on any atom is -0.387 e. The Bertz CT molecular complexity index is 541. The lowest BCUT2D eigenvalue weighted by Crippen LogP contribution is -2.48. The van der Waals surface area contributed by atoms with Crippen molar-refractivity contribution < 1.29 is 17.9 Å². The van der Waals surface area contributed by atoms with E-state index in [1.807, 2.05) is 0 Å². The summed E-state index contributed by atoms with van der Waals surface area (Å²) in [5.41, 5.74) is 0.520. The highest BCUT2D eigenvalue weighted by atomic mass is 32.2. The maximum atomic E-state index is 13.0. The van der Waals surface area contributed by atoms with Gasteiger partial charge in [0, 0.05) is 18.8 Å². The van der Waals surface area contributed by atoms with Crippen LogP contribution in [0.5, 0.6) is 0 Å². The third-order valence-corrected chi connectivity index (χ3v) is 5.13. The lowest BCUT2D eigenvalue weighted by Gasteiger charge is -2.35. The summed E-state index contributed by atoms with van der Waals surface area (Å²) in [6.07, 6.45) is 1.62. The number of sulfone groups is 1. The van der Waals surface area contributed by atoms with Gasteiger partial charge in [-0.05, 0) is 30.5 Å². The van der Waals surface area contributed by atoms with Gasteiger partial charge >= 0.3 is 0 Å². The Labute approximate surface area is 112 Å². The normalized spacial score (nSPS) is 24.8. The van der Waals surface area contributed by atoms with Gasteiger partial charge in [-0.3, -0.25) is 0 Å². The van der Waals surface area contributed by atoms with Crippen LogP contribution in [0.2, 0.25) is 0 Å². The fourth-order valence-electron chi connectivity index (χ4n) is 2.19. The molecule has 106 valence electrons. The number of rotatable bonds is 5. The van der Waals surface area contributed by atoms with Gasteiger partial charge in [-0.15, -0.1) is 0 Å². The number of halogens is 1. The number of aliphatic hydroxyl groups excluding tert-OH is 1.